The third-order valence-corrected chi connectivity index (χ3v) is 4.56. The van der Waals surface area contributed by atoms with E-state index in [1.54, 1.807) is 18.2 Å². The number of carbonyl (C=O) groups is 2. The van der Waals surface area contributed by atoms with Gasteiger partial charge in [0.25, 0.3) is 5.91 Å². The smallest absolute Gasteiger partial charge is 0.350 e. The van der Waals surface area contributed by atoms with Crippen molar-refractivity contribution in [3.63, 3.8) is 0 Å². The number of fused-ring (bicyclic) bond motifs is 1. The highest BCUT2D eigenvalue weighted by molar-refractivity contribution is 7.21. The van der Waals surface area contributed by atoms with E-state index in [2.05, 4.69) is 5.32 Å². The highest BCUT2D eigenvalue weighted by atomic mass is 35.5. The van der Waals surface area contributed by atoms with Crippen molar-refractivity contribution in [3.05, 3.63) is 33.1 Å². The van der Waals surface area contributed by atoms with Crippen molar-refractivity contribution in [2.45, 2.75) is 13.3 Å². The number of amides is 1. The Balaban J connectivity index is 2.09. The molecule has 1 amide bonds. The molecule has 0 bridgehead atoms. The molecule has 0 unspecified atom stereocenters. The average molecular weight is 346 g/mol. The molecule has 0 fully saturated rings. The fraction of sp³-hybridized carbons (Fsp3) is 0.286. The summed E-state index contributed by atoms with van der Waals surface area (Å²) in [6, 6.07) is 5.19. The van der Waals surface area contributed by atoms with E-state index in [0.717, 1.165) is 16.5 Å². The summed E-state index contributed by atoms with van der Waals surface area (Å²) in [5.74, 6) is -0.936. The van der Waals surface area contributed by atoms with E-state index in [0.29, 0.717) is 16.6 Å². The molecule has 2 rings (SSSR count). The maximum Gasteiger partial charge on any atom is 0.350 e. The molecular formula is C14H13Cl2NO3S. The molecule has 4 nitrogen and oxygen atoms in total. The zero-order chi connectivity index (χ0) is 15.4. The number of halogens is 2. The molecule has 0 saturated carbocycles. The molecule has 1 heterocycles. The second-order valence-electron chi connectivity index (χ2n) is 4.31. The van der Waals surface area contributed by atoms with Crippen LogP contribution in [0.2, 0.25) is 10.0 Å². The molecular weight excluding hydrogens is 333 g/mol. The SMILES string of the molecule is CCCNC(=O)COC(=O)c1sc2cc(Cl)ccc2c1Cl. The third-order valence-electron chi connectivity index (χ3n) is 2.68. The van der Waals surface area contributed by atoms with Crippen LogP contribution < -0.4 is 5.32 Å². The summed E-state index contributed by atoms with van der Waals surface area (Å²) in [5.41, 5.74) is 0. The molecule has 0 aliphatic carbocycles. The number of esters is 1. The number of carbonyl (C=O) groups excluding carboxylic acids is 2. The van der Waals surface area contributed by atoms with Gasteiger partial charge in [-0.1, -0.05) is 36.2 Å². The van der Waals surface area contributed by atoms with Crippen molar-refractivity contribution >= 4 is 56.5 Å². The van der Waals surface area contributed by atoms with Crippen molar-refractivity contribution in [1.29, 1.82) is 0 Å². The van der Waals surface area contributed by atoms with Crippen LogP contribution in [-0.2, 0) is 9.53 Å². The first kappa shape index (κ1) is 16.1. The monoisotopic (exact) mass is 345 g/mol. The molecule has 0 radical (unpaired) electrons. The van der Waals surface area contributed by atoms with Crippen LogP contribution in [0.15, 0.2) is 18.2 Å². The van der Waals surface area contributed by atoms with Crippen LogP contribution in [-0.4, -0.2) is 25.0 Å². The van der Waals surface area contributed by atoms with Crippen LogP contribution in [0.1, 0.15) is 23.0 Å². The lowest BCUT2D eigenvalue weighted by molar-refractivity contribution is -0.124. The first-order valence-corrected chi connectivity index (χ1v) is 7.91. The highest BCUT2D eigenvalue weighted by Gasteiger charge is 2.19. The van der Waals surface area contributed by atoms with E-state index in [9.17, 15) is 9.59 Å². The van der Waals surface area contributed by atoms with Gasteiger partial charge in [-0.05, 0) is 18.6 Å². The molecule has 1 aromatic carbocycles. The Morgan fingerprint density at radius 1 is 1.33 bits per heavy atom. The maximum atomic E-state index is 12.0. The number of benzene rings is 1. The predicted octanol–water partition coefficient (Wildman–Crippen LogP) is 3.89. The Morgan fingerprint density at radius 2 is 2.10 bits per heavy atom. The molecule has 2 aromatic rings. The van der Waals surface area contributed by atoms with E-state index < -0.39 is 5.97 Å². The summed E-state index contributed by atoms with van der Waals surface area (Å²) in [7, 11) is 0. The minimum Gasteiger partial charge on any atom is -0.451 e. The first-order valence-electron chi connectivity index (χ1n) is 6.34. The van der Waals surface area contributed by atoms with E-state index in [1.807, 2.05) is 6.92 Å². The maximum absolute atomic E-state index is 12.0. The Labute approximate surface area is 136 Å². The van der Waals surface area contributed by atoms with Crippen molar-refractivity contribution in [1.82, 2.24) is 5.32 Å². The summed E-state index contributed by atoms with van der Waals surface area (Å²) < 4.78 is 5.77. The minimum absolute atomic E-state index is 0.275. The number of hydrogen-bond donors (Lipinski definition) is 1. The average Bonchev–Trinajstić information content (AvgIpc) is 2.79. The number of hydrogen-bond acceptors (Lipinski definition) is 4. The summed E-state index contributed by atoms with van der Waals surface area (Å²) in [5, 5.41) is 4.26. The van der Waals surface area contributed by atoms with Gasteiger partial charge in [0, 0.05) is 21.7 Å². The van der Waals surface area contributed by atoms with E-state index in [1.165, 1.54) is 11.3 Å². The molecule has 7 heteroatoms. The van der Waals surface area contributed by atoms with Crippen LogP contribution in [0.5, 0.6) is 0 Å². The van der Waals surface area contributed by atoms with Gasteiger partial charge in [0.15, 0.2) is 6.61 Å². The summed E-state index contributed by atoms with van der Waals surface area (Å²) in [6.07, 6.45) is 0.822. The summed E-state index contributed by atoms with van der Waals surface area (Å²) in [6.45, 7) is 2.18. The van der Waals surface area contributed by atoms with Crippen LogP contribution in [0.4, 0.5) is 0 Å². The van der Waals surface area contributed by atoms with Crippen LogP contribution >= 0.6 is 34.5 Å². The second kappa shape index (κ2) is 7.11. The molecule has 0 saturated heterocycles. The fourth-order valence-electron chi connectivity index (χ4n) is 1.68. The van der Waals surface area contributed by atoms with Crippen molar-refractivity contribution in [2.24, 2.45) is 0 Å². The van der Waals surface area contributed by atoms with Gasteiger partial charge in [-0.25, -0.2) is 4.79 Å². The molecule has 1 aromatic heterocycles. The van der Waals surface area contributed by atoms with E-state index in [-0.39, 0.29) is 17.4 Å². The van der Waals surface area contributed by atoms with Gasteiger partial charge in [-0.2, -0.15) is 0 Å². The lowest BCUT2D eigenvalue weighted by Crippen LogP contribution is -2.29. The number of thiophene rings is 1. The zero-order valence-electron chi connectivity index (χ0n) is 11.2. The van der Waals surface area contributed by atoms with Crippen molar-refractivity contribution in [3.8, 4) is 0 Å². The largest absolute Gasteiger partial charge is 0.451 e. The van der Waals surface area contributed by atoms with Gasteiger partial charge in [-0.3, -0.25) is 4.79 Å². The van der Waals surface area contributed by atoms with E-state index in [4.69, 9.17) is 27.9 Å². The van der Waals surface area contributed by atoms with Gasteiger partial charge in [0.2, 0.25) is 0 Å². The summed E-state index contributed by atoms with van der Waals surface area (Å²) in [4.78, 5) is 23.7. The third kappa shape index (κ3) is 3.87. The Bertz CT molecular complexity index is 684. The first-order chi connectivity index (χ1) is 10.0. The lowest BCUT2D eigenvalue weighted by atomic mass is 10.2. The van der Waals surface area contributed by atoms with Gasteiger partial charge in [0.1, 0.15) is 4.88 Å². The lowest BCUT2D eigenvalue weighted by Gasteiger charge is -2.04. The molecule has 1 N–H and O–H groups in total. The van der Waals surface area contributed by atoms with Gasteiger partial charge < -0.3 is 10.1 Å². The Hall–Kier alpha value is -1.30. The minimum atomic E-state index is -0.607. The van der Waals surface area contributed by atoms with Gasteiger partial charge in [0.05, 0.1) is 5.02 Å². The number of nitrogens with one attached hydrogen (secondary N) is 1. The number of rotatable bonds is 5. The molecule has 0 aliphatic rings. The normalized spacial score (nSPS) is 10.6. The Kier molecular flexibility index (Phi) is 5.45. The molecule has 112 valence electrons. The van der Waals surface area contributed by atoms with Crippen molar-refractivity contribution < 1.29 is 14.3 Å². The van der Waals surface area contributed by atoms with Crippen LogP contribution in [0.25, 0.3) is 10.1 Å². The van der Waals surface area contributed by atoms with Crippen LogP contribution in [0.3, 0.4) is 0 Å². The quantitative estimate of drug-likeness (QED) is 0.836. The molecule has 0 aliphatic heterocycles. The fourth-order valence-corrected chi connectivity index (χ4v) is 3.36. The Morgan fingerprint density at radius 3 is 2.81 bits per heavy atom. The molecule has 21 heavy (non-hydrogen) atoms. The van der Waals surface area contributed by atoms with Gasteiger partial charge in [-0.15, -0.1) is 11.3 Å². The highest BCUT2D eigenvalue weighted by Crippen LogP contribution is 2.37. The topological polar surface area (TPSA) is 55.4 Å². The van der Waals surface area contributed by atoms with Crippen molar-refractivity contribution in [2.75, 3.05) is 13.2 Å². The number of ether oxygens (including phenoxy) is 1. The predicted molar refractivity (Wildman–Crippen MR) is 85.4 cm³/mol. The summed E-state index contributed by atoms with van der Waals surface area (Å²) >= 11 is 13.3. The second-order valence-corrected chi connectivity index (χ2v) is 6.18. The molecule has 0 spiro atoms. The standard InChI is InChI=1S/C14H13Cl2NO3S/c1-2-5-17-11(18)7-20-14(19)13-12(16)9-4-3-8(15)6-10(9)21-13/h3-4,6H,2,5,7H2,1H3,(H,17,18). The molecule has 0 atom stereocenters. The van der Waals surface area contributed by atoms with Crippen LogP contribution in [0, 0.1) is 0 Å². The zero-order valence-corrected chi connectivity index (χ0v) is 13.6. The van der Waals surface area contributed by atoms with E-state index >= 15 is 0 Å². The van der Waals surface area contributed by atoms with Gasteiger partial charge >= 0.3 is 5.97 Å².